The van der Waals surface area contributed by atoms with Crippen molar-refractivity contribution in [2.45, 2.75) is 18.7 Å². The van der Waals surface area contributed by atoms with Gasteiger partial charge in [-0.1, -0.05) is 6.07 Å². The van der Waals surface area contributed by atoms with Crippen LogP contribution in [0, 0.1) is 13.8 Å². The van der Waals surface area contributed by atoms with Crippen LogP contribution in [0.15, 0.2) is 47.4 Å². The lowest BCUT2D eigenvalue weighted by atomic mass is 10.1. The van der Waals surface area contributed by atoms with Crippen LogP contribution in [0.5, 0.6) is 5.75 Å². The van der Waals surface area contributed by atoms with Gasteiger partial charge in [-0.05, 0) is 61.4 Å². The number of nitrogens with one attached hydrogen (secondary N) is 1. The van der Waals surface area contributed by atoms with Crippen LogP contribution in [-0.2, 0) is 19.6 Å². The molecule has 7 nitrogen and oxygen atoms in total. The van der Waals surface area contributed by atoms with Crippen molar-refractivity contribution < 1.29 is 22.7 Å². The Morgan fingerprint density at radius 2 is 1.75 bits per heavy atom. The van der Waals surface area contributed by atoms with E-state index in [1.807, 2.05) is 32.0 Å². The fourth-order valence-corrected chi connectivity index (χ4v) is 4.22. The highest BCUT2D eigenvalue weighted by Crippen LogP contribution is 2.20. The van der Waals surface area contributed by atoms with Gasteiger partial charge >= 0.3 is 0 Å². The maximum Gasteiger partial charge on any atom is 0.262 e. The molecule has 1 saturated heterocycles. The third kappa shape index (κ3) is 4.89. The van der Waals surface area contributed by atoms with Gasteiger partial charge in [-0.15, -0.1) is 0 Å². The van der Waals surface area contributed by atoms with Crippen LogP contribution in [-0.4, -0.2) is 51.5 Å². The molecule has 2 aromatic carbocycles. The molecule has 0 saturated carbocycles. The summed E-state index contributed by atoms with van der Waals surface area (Å²) in [5.41, 5.74) is 2.96. The molecule has 0 aliphatic carbocycles. The molecular formula is C20H24N2O5S. The predicted molar refractivity (Wildman–Crippen MR) is 106 cm³/mol. The highest BCUT2D eigenvalue weighted by Gasteiger charge is 2.26. The Labute approximate surface area is 165 Å². The van der Waals surface area contributed by atoms with Crippen LogP contribution in [0.3, 0.4) is 0 Å². The maximum absolute atomic E-state index is 12.6. The number of ether oxygens (including phenoxy) is 2. The molecule has 0 bridgehead atoms. The number of sulfonamides is 1. The van der Waals surface area contributed by atoms with Crippen molar-refractivity contribution in [1.29, 1.82) is 0 Å². The van der Waals surface area contributed by atoms with E-state index in [0.717, 1.165) is 11.1 Å². The first-order chi connectivity index (χ1) is 13.4. The zero-order valence-corrected chi connectivity index (χ0v) is 16.8. The van der Waals surface area contributed by atoms with E-state index in [-0.39, 0.29) is 17.4 Å². The molecule has 28 heavy (non-hydrogen) atoms. The summed E-state index contributed by atoms with van der Waals surface area (Å²) in [5, 5.41) is 2.78. The van der Waals surface area contributed by atoms with Crippen LogP contribution < -0.4 is 10.1 Å². The molecule has 1 aliphatic heterocycles. The number of morpholine rings is 1. The Hall–Kier alpha value is -2.42. The van der Waals surface area contributed by atoms with Crippen molar-refractivity contribution >= 4 is 21.6 Å². The molecule has 1 amide bonds. The van der Waals surface area contributed by atoms with Gasteiger partial charge < -0.3 is 14.8 Å². The van der Waals surface area contributed by atoms with Gasteiger partial charge in [0, 0.05) is 18.8 Å². The van der Waals surface area contributed by atoms with Crippen LogP contribution >= 0.6 is 0 Å². The number of carbonyl (C=O) groups excluding carboxylic acids is 1. The minimum Gasteiger partial charge on any atom is -0.484 e. The molecule has 0 spiro atoms. The largest absolute Gasteiger partial charge is 0.484 e. The van der Waals surface area contributed by atoms with Crippen molar-refractivity contribution in [2.75, 3.05) is 38.2 Å². The van der Waals surface area contributed by atoms with Crippen molar-refractivity contribution in [3.05, 3.63) is 53.6 Å². The summed E-state index contributed by atoms with van der Waals surface area (Å²) in [7, 11) is -3.54. The molecule has 0 aromatic heterocycles. The third-order valence-corrected chi connectivity index (χ3v) is 6.51. The first kappa shape index (κ1) is 20.3. The van der Waals surface area contributed by atoms with Gasteiger partial charge in [0.05, 0.1) is 18.1 Å². The average molecular weight is 404 g/mol. The lowest BCUT2D eigenvalue weighted by Crippen LogP contribution is -2.40. The summed E-state index contributed by atoms with van der Waals surface area (Å²) < 4.78 is 37.2. The zero-order chi connectivity index (χ0) is 20.1. The van der Waals surface area contributed by atoms with Crippen LogP contribution in [0.2, 0.25) is 0 Å². The Morgan fingerprint density at radius 3 is 2.39 bits per heavy atom. The second-order valence-electron chi connectivity index (χ2n) is 6.62. The molecule has 0 atom stereocenters. The summed E-state index contributed by atoms with van der Waals surface area (Å²) in [6.45, 7) is 5.31. The first-order valence-electron chi connectivity index (χ1n) is 9.04. The monoisotopic (exact) mass is 404 g/mol. The molecule has 3 rings (SSSR count). The van der Waals surface area contributed by atoms with Crippen LogP contribution in [0.4, 0.5) is 5.69 Å². The molecule has 150 valence electrons. The molecule has 8 heteroatoms. The summed E-state index contributed by atoms with van der Waals surface area (Å²) in [6.07, 6.45) is 0. The van der Waals surface area contributed by atoms with Crippen molar-refractivity contribution in [1.82, 2.24) is 4.31 Å². The number of nitrogens with zero attached hydrogens (tertiary/aromatic N) is 1. The summed E-state index contributed by atoms with van der Waals surface area (Å²) in [4.78, 5) is 12.3. The molecule has 0 unspecified atom stereocenters. The Bertz CT molecular complexity index is 936. The average Bonchev–Trinajstić information content (AvgIpc) is 2.70. The number of anilines is 1. The van der Waals surface area contributed by atoms with E-state index >= 15 is 0 Å². The molecule has 1 N–H and O–H groups in total. The van der Waals surface area contributed by atoms with Gasteiger partial charge in [0.15, 0.2) is 6.61 Å². The molecule has 1 fully saturated rings. The lowest BCUT2D eigenvalue weighted by molar-refractivity contribution is -0.118. The van der Waals surface area contributed by atoms with Gasteiger partial charge in [0.2, 0.25) is 10.0 Å². The normalized spacial score (nSPS) is 15.2. The van der Waals surface area contributed by atoms with Crippen LogP contribution in [0.25, 0.3) is 0 Å². The lowest BCUT2D eigenvalue weighted by Gasteiger charge is -2.26. The van der Waals surface area contributed by atoms with E-state index in [1.54, 1.807) is 12.1 Å². The van der Waals surface area contributed by atoms with E-state index in [9.17, 15) is 13.2 Å². The molecule has 1 heterocycles. The second kappa shape index (κ2) is 8.72. The quantitative estimate of drug-likeness (QED) is 0.799. The number of rotatable bonds is 6. The van der Waals surface area contributed by atoms with Crippen molar-refractivity contribution in [2.24, 2.45) is 0 Å². The smallest absolute Gasteiger partial charge is 0.262 e. The number of hydrogen-bond acceptors (Lipinski definition) is 5. The maximum atomic E-state index is 12.6. The number of carbonyl (C=O) groups is 1. The molecule has 2 aromatic rings. The molecule has 0 radical (unpaired) electrons. The minimum absolute atomic E-state index is 0.164. The van der Waals surface area contributed by atoms with Crippen LogP contribution in [0.1, 0.15) is 11.1 Å². The number of aryl methyl sites for hydroxylation is 2. The van der Waals surface area contributed by atoms with Gasteiger partial charge in [-0.3, -0.25) is 4.79 Å². The summed E-state index contributed by atoms with van der Waals surface area (Å²) in [5.74, 6) is 0.143. The number of hydrogen-bond donors (Lipinski definition) is 1. The van der Waals surface area contributed by atoms with Gasteiger partial charge in [0.1, 0.15) is 5.75 Å². The zero-order valence-electron chi connectivity index (χ0n) is 16.0. The van der Waals surface area contributed by atoms with Gasteiger partial charge in [0.25, 0.3) is 5.91 Å². The Kier molecular flexibility index (Phi) is 6.33. The first-order valence-corrected chi connectivity index (χ1v) is 10.5. The van der Waals surface area contributed by atoms with Gasteiger partial charge in [-0.25, -0.2) is 8.42 Å². The fraction of sp³-hybridized carbons (Fsp3) is 0.350. The standard InChI is InChI=1S/C20H24N2O5S/c1-15-3-4-17(13-16(15)2)21-20(23)14-27-18-5-7-19(8-6-18)28(24,25)22-9-11-26-12-10-22/h3-8,13H,9-12,14H2,1-2H3,(H,21,23). The fourth-order valence-electron chi connectivity index (χ4n) is 2.81. The SMILES string of the molecule is Cc1ccc(NC(=O)COc2ccc(S(=O)(=O)N3CCOCC3)cc2)cc1C. The highest BCUT2D eigenvalue weighted by molar-refractivity contribution is 7.89. The second-order valence-corrected chi connectivity index (χ2v) is 8.56. The number of amides is 1. The third-order valence-electron chi connectivity index (χ3n) is 4.59. The van der Waals surface area contributed by atoms with Crippen molar-refractivity contribution in [3.63, 3.8) is 0 Å². The van der Waals surface area contributed by atoms with E-state index in [1.165, 1.54) is 16.4 Å². The van der Waals surface area contributed by atoms with E-state index in [4.69, 9.17) is 9.47 Å². The highest BCUT2D eigenvalue weighted by atomic mass is 32.2. The molecule has 1 aliphatic rings. The predicted octanol–water partition coefficient (Wildman–Crippen LogP) is 2.34. The summed E-state index contributed by atoms with van der Waals surface area (Å²) in [6, 6.07) is 11.8. The summed E-state index contributed by atoms with van der Waals surface area (Å²) >= 11 is 0. The van der Waals surface area contributed by atoms with Crippen molar-refractivity contribution in [3.8, 4) is 5.75 Å². The van der Waals surface area contributed by atoms with E-state index in [0.29, 0.717) is 37.7 Å². The number of benzene rings is 2. The molecular weight excluding hydrogens is 380 g/mol. The minimum atomic E-state index is -3.54. The Balaban J connectivity index is 1.56. The topological polar surface area (TPSA) is 84.9 Å². The Morgan fingerprint density at radius 1 is 1.07 bits per heavy atom. The van der Waals surface area contributed by atoms with Gasteiger partial charge in [-0.2, -0.15) is 4.31 Å². The van der Waals surface area contributed by atoms with E-state index in [2.05, 4.69) is 5.32 Å². The van der Waals surface area contributed by atoms with E-state index < -0.39 is 10.0 Å².